The molecule has 2 aromatic rings. The molecule has 1 heterocycles. The van der Waals surface area contributed by atoms with Gasteiger partial charge in [0.2, 0.25) is 0 Å². The van der Waals surface area contributed by atoms with E-state index in [0.717, 1.165) is 5.56 Å². The number of nitro groups is 1. The molecule has 8 heteroatoms. The number of anilines is 1. The van der Waals surface area contributed by atoms with Crippen molar-refractivity contribution < 1.29 is 9.66 Å². The van der Waals surface area contributed by atoms with Crippen LogP contribution in [0.5, 0.6) is 5.75 Å². The van der Waals surface area contributed by atoms with E-state index in [9.17, 15) is 10.1 Å². The highest BCUT2D eigenvalue weighted by Gasteiger charge is 2.11. The molecule has 0 atom stereocenters. The van der Waals surface area contributed by atoms with E-state index in [-0.39, 0.29) is 12.3 Å². The van der Waals surface area contributed by atoms with Crippen LogP contribution in [0.4, 0.5) is 11.5 Å². The number of nitro benzene ring substituents is 1. The largest absolute Gasteiger partial charge is 0.487 e. The molecule has 0 radical (unpaired) electrons. The quantitative estimate of drug-likeness (QED) is 0.500. The summed E-state index contributed by atoms with van der Waals surface area (Å²) in [6.07, 6.45) is 0. The number of aromatic nitrogens is 1. The summed E-state index contributed by atoms with van der Waals surface area (Å²) in [5.41, 5.74) is 3.64. The Morgan fingerprint density at radius 3 is 2.86 bits per heavy atom. The molecule has 0 aliphatic carbocycles. The molecular formula is C13H13ClN4O3. The van der Waals surface area contributed by atoms with Crippen LogP contribution in [0.2, 0.25) is 5.02 Å². The number of hydrogen-bond acceptors (Lipinski definition) is 6. The van der Waals surface area contributed by atoms with Crippen molar-refractivity contribution in [3.05, 3.63) is 56.7 Å². The lowest BCUT2D eigenvalue weighted by molar-refractivity contribution is -0.385. The third kappa shape index (κ3) is 3.59. The first-order valence-electron chi connectivity index (χ1n) is 6.01. The number of aryl methyl sites for hydroxylation is 1. The highest BCUT2D eigenvalue weighted by Crippen LogP contribution is 2.26. The second-order valence-corrected chi connectivity index (χ2v) is 4.67. The molecule has 0 saturated carbocycles. The smallest absolute Gasteiger partial charge is 0.273 e. The highest BCUT2D eigenvalue weighted by atomic mass is 35.5. The molecular weight excluding hydrogens is 296 g/mol. The second kappa shape index (κ2) is 6.38. The zero-order valence-corrected chi connectivity index (χ0v) is 11.9. The molecule has 0 spiro atoms. The number of pyridine rings is 1. The van der Waals surface area contributed by atoms with Gasteiger partial charge in [-0.15, -0.1) is 0 Å². The summed E-state index contributed by atoms with van der Waals surface area (Å²) in [5, 5.41) is 11.2. The van der Waals surface area contributed by atoms with Gasteiger partial charge in [-0.05, 0) is 30.7 Å². The summed E-state index contributed by atoms with van der Waals surface area (Å²) in [5.74, 6) is 6.14. The average molecular weight is 309 g/mol. The molecule has 2 rings (SSSR count). The van der Waals surface area contributed by atoms with Gasteiger partial charge in [0.05, 0.1) is 21.7 Å². The Morgan fingerprint density at radius 2 is 2.19 bits per heavy atom. The fourth-order valence-corrected chi connectivity index (χ4v) is 1.83. The Bertz CT molecular complexity index is 678. The van der Waals surface area contributed by atoms with Crippen LogP contribution >= 0.6 is 11.6 Å². The van der Waals surface area contributed by atoms with Crippen molar-refractivity contribution in [1.82, 2.24) is 4.98 Å². The number of nitrogen functional groups attached to an aromatic ring is 1. The Hall–Kier alpha value is -2.38. The fourth-order valence-electron chi connectivity index (χ4n) is 1.67. The number of ether oxygens (including phenoxy) is 1. The number of hydrazine groups is 1. The summed E-state index contributed by atoms with van der Waals surface area (Å²) < 4.78 is 5.57. The van der Waals surface area contributed by atoms with E-state index < -0.39 is 4.92 Å². The minimum atomic E-state index is -0.476. The van der Waals surface area contributed by atoms with Crippen LogP contribution in [0.1, 0.15) is 11.3 Å². The van der Waals surface area contributed by atoms with Crippen LogP contribution in [-0.2, 0) is 6.61 Å². The molecule has 0 amide bonds. The van der Waals surface area contributed by atoms with Crippen LogP contribution in [-0.4, -0.2) is 9.91 Å². The maximum atomic E-state index is 10.8. The van der Waals surface area contributed by atoms with E-state index in [1.807, 2.05) is 0 Å². The summed E-state index contributed by atoms with van der Waals surface area (Å²) in [6.45, 7) is 1.88. The fraction of sp³-hybridized carbons (Fsp3) is 0.154. The number of hydrogen-bond donors (Lipinski definition) is 2. The normalized spacial score (nSPS) is 10.2. The van der Waals surface area contributed by atoms with E-state index in [1.165, 1.54) is 12.1 Å². The number of benzene rings is 1. The zero-order valence-electron chi connectivity index (χ0n) is 11.2. The van der Waals surface area contributed by atoms with Gasteiger partial charge in [-0.1, -0.05) is 11.6 Å². The molecule has 0 aliphatic rings. The van der Waals surface area contributed by atoms with Crippen molar-refractivity contribution >= 4 is 23.1 Å². The summed E-state index contributed by atoms with van der Waals surface area (Å²) >= 11 is 6.02. The van der Waals surface area contributed by atoms with Crippen molar-refractivity contribution in [2.24, 2.45) is 5.84 Å². The molecule has 0 fully saturated rings. The van der Waals surface area contributed by atoms with E-state index in [4.69, 9.17) is 22.2 Å². The Balaban J connectivity index is 2.20. The van der Waals surface area contributed by atoms with Crippen LogP contribution in [0.25, 0.3) is 0 Å². The minimum absolute atomic E-state index is 0.0352. The predicted octanol–water partition coefficient (Wildman–Crippen LogP) is 2.82. The van der Waals surface area contributed by atoms with E-state index >= 15 is 0 Å². The summed E-state index contributed by atoms with van der Waals surface area (Å²) in [6, 6.07) is 7.69. The first-order chi connectivity index (χ1) is 10.0. The first kappa shape index (κ1) is 15.0. The lowest BCUT2D eigenvalue weighted by atomic mass is 10.2. The van der Waals surface area contributed by atoms with Gasteiger partial charge in [0.15, 0.2) is 0 Å². The SMILES string of the molecule is Cc1ccc([N+](=O)[O-])cc1OCc1nc(NN)ccc1Cl. The molecule has 3 N–H and O–H groups in total. The van der Waals surface area contributed by atoms with Gasteiger partial charge in [-0.2, -0.15) is 0 Å². The minimum Gasteiger partial charge on any atom is -0.487 e. The molecule has 21 heavy (non-hydrogen) atoms. The number of nitrogens with zero attached hydrogens (tertiary/aromatic N) is 2. The molecule has 110 valence electrons. The lowest BCUT2D eigenvalue weighted by Gasteiger charge is -2.10. The Kier molecular flexibility index (Phi) is 4.56. The maximum absolute atomic E-state index is 10.8. The third-order valence-corrected chi connectivity index (χ3v) is 3.16. The van der Waals surface area contributed by atoms with Gasteiger partial charge in [-0.25, -0.2) is 10.8 Å². The number of nitrogens with two attached hydrogens (primary N) is 1. The Labute approximate surface area is 125 Å². The molecule has 1 aromatic heterocycles. The molecule has 0 bridgehead atoms. The van der Waals surface area contributed by atoms with Gasteiger partial charge in [0, 0.05) is 6.07 Å². The molecule has 0 unspecified atom stereocenters. The summed E-state index contributed by atoms with van der Waals surface area (Å²) in [7, 11) is 0. The van der Waals surface area contributed by atoms with E-state index in [0.29, 0.717) is 22.3 Å². The van der Waals surface area contributed by atoms with Crippen LogP contribution in [0.3, 0.4) is 0 Å². The molecule has 0 saturated heterocycles. The van der Waals surface area contributed by atoms with Gasteiger partial charge in [0.1, 0.15) is 18.2 Å². The van der Waals surface area contributed by atoms with Crippen molar-refractivity contribution in [1.29, 1.82) is 0 Å². The van der Waals surface area contributed by atoms with Gasteiger partial charge >= 0.3 is 0 Å². The predicted molar refractivity (Wildman–Crippen MR) is 79.2 cm³/mol. The molecule has 7 nitrogen and oxygen atoms in total. The van der Waals surface area contributed by atoms with E-state index in [2.05, 4.69) is 10.4 Å². The maximum Gasteiger partial charge on any atom is 0.273 e. The summed E-state index contributed by atoms with van der Waals surface area (Å²) in [4.78, 5) is 14.5. The monoisotopic (exact) mass is 308 g/mol. The molecule has 0 aliphatic heterocycles. The number of rotatable bonds is 5. The Morgan fingerprint density at radius 1 is 1.43 bits per heavy atom. The number of halogens is 1. The topological polar surface area (TPSA) is 103 Å². The van der Waals surface area contributed by atoms with Crippen molar-refractivity contribution in [2.45, 2.75) is 13.5 Å². The lowest BCUT2D eigenvalue weighted by Crippen LogP contribution is -2.10. The molecule has 1 aromatic carbocycles. The van der Waals surface area contributed by atoms with Crippen LogP contribution in [0, 0.1) is 17.0 Å². The standard InChI is InChI=1S/C13H13ClN4O3/c1-8-2-3-9(18(19)20)6-12(8)21-7-11-10(14)4-5-13(16-11)17-15/h2-6H,7,15H2,1H3,(H,16,17). The van der Waals surface area contributed by atoms with Crippen LogP contribution in [0.15, 0.2) is 30.3 Å². The van der Waals surface area contributed by atoms with Crippen LogP contribution < -0.4 is 16.0 Å². The highest BCUT2D eigenvalue weighted by molar-refractivity contribution is 6.31. The van der Waals surface area contributed by atoms with Crippen molar-refractivity contribution in [3.8, 4) is 5.75 Å². The van der Waals surface area contributed by atoms with Gasteiger partial charge in [0.25, 0.3) is 5.69 Å². The third-order valence-electron chi connectivity index (χ3n) is 2.81. The average Bonchev–Trinajstić information content (AvgIpc) is 2.47. The number of nitrogens with one attached hydrogen (secondary N) is 1. The van der Waals surface area contributed by atoms with Crippen molar-refractivity contribution in [2.75, 3.05) is 5.43 Å². The first-order valence-corrected chi connectivity index (χ1v) is 6.39. The van der Waals surface area contributed by atoms with Gasteiger partial charge < -0.3 is 10.2 Å². The second-order valence-electron chi connectivity index (χ2n) is 4.26. The van der Waals surface area contributed by atoms with E-state index in [1.54, 1.807) is 25.1 Å². The van der Waals surface area contributed by atoms with Gasteiger partial charge in [-0.3, -0.25) is 10.1 Å². The van der Waals surface area contributed by atoms with Crippen molar-refractivity contribution in [3.63, 3.8) is 0 Å². The number of non-ortho nitro benzene ring substituents is 1. The zero-order chi connectivity index (χ0) is 15.4.